The third-order valence-corrected chi connectivity index (χ3v) is 3.37. The van der Waals surface area contributed by atoms with E-state index in [-0.39, 0.29) is 6.10 Å². The summed E-state index contributed by atoms with van der Waals surface area (Å²) in [5.41, 5.74) is 0.904. The molecule has 0 aliphatic carbocycles. The van der Waals surface area contributed by atoms with Crippen LogP contribution >= 0.6 is 0 Å². The fraction of sp³-hybridized carbons (Fsp3) is 0.625. The third-order valence-electron chi connectivity index (χ3n) is 3.37. The molecule has 4 heteroatoms. The van der Waals surface area contributed by atoms with Gasteiger partial charge in [-0.3, -0.25) is 0 Å². The van der Waals surface area contributed by atoms with Gasteiger partial charge >= 0.3 is 0 Å². The van der Waals surface area contributed by atoms with E-state index in [1.807, 2.05) is 38.1 Å². The van der Waals surface area contributed by atoms with Gasteiger partial charge in [0.05, 0.1) is 18.3 Å². The van der Waals surface area contributed by atoms with Crippen molar-refractivity contribution < 1.29 is 14.6 Å². The van der Waals surface area contributed by atoms with E-state index in [4.69, 9.17) is 9.47 Å². The summed E-state index contributed by atoms with van der Waals surface area (Å²) in [4.78, 5) is 0. The average molecular weight is 279 g/mol. The van der Waals surface area contributed by atoms with Gasteiger partial charge in [0.15, 0.2) is 0 Å². The molecule has 0 spiro atoms. The number of hydrogen-bond donors (Lipinski definition) is 2. The monoisotopic (exact) mass is 279 g/mol. The molecule has 2 rings (SSSR count). The fourth-order valence-electron chi connectivity index (χ4n) is 2.34. The van der Waals surface area contributed by atoms with Crippen LogP contribution in [0.2, 0.25) is 0 Å². The predicted octanol–water partition coefficient (Wildman–Crippen LogP) is 2.28. The molecule has 1 aromatic rings. The van der Waals surface area contributed by atoms with Gasteiger partial charge in [-0.1, -0.05) is 12.1 Å². The van der Waals surface area contributed by atoms with Gasteiger partial charge in [0.1, 0.15) is 5.75 Å². The number of benzene rings is 1. The Kier molecular flexibility index (Phi) is 5.83. The van der Waals surface area contributed by atoms with Crippen LogP contribution in [0.15, 0.2) is 24.3 Å². The van der Waals surface area contributed by atoms with Gasteiger partial charge in [0, 0.05) is 19.7 Å². The van der Waals surface area contributed by atoms with Crippen molar-refractivity contribution in [1.82, 2.24) is 5.32 Å². The highest BCUT2D eigenvalue weighted by molar-refractivity contribution is 5.28. The number of aliphatic hydroxyl groups is 1. The van der Waals surface area contributed by atoms with Crippen molar-refractivity contribution >= 4 is 0 Å². The standard InChI is InChI=1S/C16H25NO3/c1-12(2)20-14-7-5-13(6-8-14)16(18)11-17-10-15-4-3-9-19-15/h5-8,12,15-18H,3-4,9-11H2,1-2H3. The Morgan fingerprint density at radius 1 is 1.35 bits per heavy atom. The largest absolute Gasteiger partial charge is 0.491 e. The van der Waals surface area contributed by atoms with Crippen molar-refractivity contribution in [2.75, 3.05) is 19.7 Å². The molecular formula is C16H25NO3. The SMILES string of the molecule is CC(C)Oc1ccc(C(O)CNCC2CCCO2)cc1. The van der Waals surface area contributed by atoms with Crippen LogP contribution in [-0.2, 0) is 4.74 Å². The molecule has 4 nitrogen and oxygen atoms in total. The van der Waals surface area contributed by atoms with Crippen LogP contribution < -0.4 is 10.1 Å². The normalized spacial score (nSPS) is 20.3. The first-order chi connectivity index (χ1) is 9.65. The zero-order chi connectivity index (χ0) is 14.4. The second-order valence-electron chi connectivity index (χ2n) is 5.54. The molecule has 20 heavy (non-hydrogen) atoms. The van der Waals surface area contributed by atoms with E-state index < -0.39 is 6.10 Å². The van der Waals surface area contributed by atoms with Crippen LogP contribution in [0.25, 0.3) is 0 Å². The summed E-state index contributed by atoms with van der Waals surface area (Å²) in [6.45, 7) is 6.22. The van der Waals surface area contributed by atoms with E-state index in [0.29, 0.717) is 12.6 Å². The molecule has 2 atom stereocenters. The van der Waals surface area contributed by atoms with E-state index in [1.165, 1.54) is 0 Å². The second-order valence-corrected chi connectivity index (χ2v) is 5.54. The molecule has 112 valence electrons. The third kappa shape index (κ3) is 4.78. The summed E-state index contributed by atoms with van der Waals surface area (Å²) < 4.78 is 11.1. The molecular weight excluding hydrogens is 254 g/mol. The molecule has 1 aliphatic rings. The van der Waals surface area contributed by atoms with Gasteiger partial charge in [-0.2, -0.15) is 0 Å². The van der Waals surface area contributed by atoms with Gasteiger partial charge in [-0.05, 0) is 44.4 Å². The molecule has 0 amide bonds. The molecule has 1 saturated heterocycles. The van der Waals surface area contributed by atoms with Crippen LogP contribution in [-0.4, -0.2) is 37.0 Å². The molecule has 1 aliphatic heterocycles. The maximum absolute atomic E-state index is 10.1. The molecule has 0 aromatic heterocycles. The molecule has 0 radical (unpaired) electrons. The van der Waals surface area contributed by atoms with Crippen LogP contribution in [0, 0.1) is 0 Å². The Morgan fingerprint density at radius 3 is 2.70 bits per heavy atom. The Morgan fingerprint density at radius 2 is 2.10 bits per heavy atom. The van der Waals surface area contributed by atoms with Crippen molar-refractivity contribution in [1.29, 1.82) is 0 Å². The topological polar surface area (TPSA) is 50.7 Å². The van der Waals surface area contributed by atoms with Crippen molar-refractivity contribution in [3.8, 4) is 5.75 Å². The predicted molar refractivity (Wildman–Crippen MR) is 79.0 cm³/mol. The molecule has 1 fully saturated rings. The first-order valence-electron chi connectivity index (χ1n) is 7.42. The van der Waals surface area contributed by atoms with Gasteiger partial charge in [-0.15, -0.1) is 0 Å². The minimum Gasteiger partial charge on any atom is -0.491 e. The summed E-state index contributed by atoms with van der Waals surface area (Å²) in [5, 5.41) is 13.4. The number of hydrogen-bond acceptors (Lipinski definition) is 4. The Bertz CT molecular complexity index is 385. The highest BCUT2D eigenvalue weighted by Crippen LogP contribution is 2.18. The lowest BCUT2D eigenvalue weighted by atomic mass is 10.1. The maximum atomic E-state index is 10.1. The number of ether oxygens (including phenoxy) is 2. The van der Waals surface area contributed by atoms with Crippen molar-refractivity contribution in [2.24, 2.45) is 0 Å². The van der Waals surface area contributed by atoms with Gasteiger partial charge in [0.2, 0.25) is 0 Å². The lowest BCUT2D eigenvalue weighted by Crippen LogP contribution is -2.29. The Labute approximate surface area is 121 Å². The summed E-state index contributed by atoms with van der Waals surface area (Å²) in [6.07, 6.45) is 2.24. The number of nitrogens with one attached hydrogen (secondary N) is 1. The van der Waals surface area contributed by atoms with E-state index >= 15 is 0 Å². The van der Waals surface area contributed by atoms with Gasteiger partial charge in [0.25, 0.3) is 0 Å². The van der Waals surface area contributed by atoms with Gasteiger partial charge < -0.3 is 19.9 Å². The van der Waals surface area contributed by atoms with Crippen molar-refractivity contribution in [2.45, 2.75) is 45.0 Å². The molecule has 2 unspecified atom stereocenters. The van der Waals surface area contributed by atoms with Crippen LogP contribution in [0.4, 0.5) is 0 Å². The van der Waals surface area contributed by atoms with E-state index in [2.05, 4.69) is 5.32 Å². The first kappa shape index (κ1) is 15.3. The maximum Gasteiger partial charge on any atom is 0.119 e. The second kappa shape index (κ2) is 7.62. The van der Waals surface area contributed by atoms with E-state index in [0.717, 1.165) is 37.3 Å². The minimum atomic E-state index is -0.496. The van der Waals surface area contributed by atoms with Crippen LogP contribution in [0.5, 0.6) is 5.75 Å². The van der Waals surface area contributed by atoms with E-state index in [1.54, 1.807) is 0 Å². The van der Waals surface area contributed by atoms with Gasteiger partial charge in [-0.25, -0.2) is 0 Å². The Hall–Kier alpha value is -1.10. The summed E-state index contributed by atoms with van der Waals surface area (Å²) in [7, 11) is 0. The van der Waals surface area contributed by atoms with E-state index in [9.17, 15) is 5.11 Å². The lowest BCUT2D eigenvalue weighted by molar-refractivity contribution is 0.103. The minimum absolute atomic E-state index is 0.166. The highest BCUT2D eigenvalue weighted by atomic mass is 16.5. The zero-order valence-corrected chi connectivity index (χ0v) is 12.3. The Balaban J connectivity index is 1.75. The van der Waals surface area contributed by atoms with Crippen LogP contribution in [0.3, 0.4) is 0 Å². The van der Waals surface area contributed by atoms with Crippen molar-refractivity contribution in [3.63, 3.8) is 0 Å². The molecule has 2 N–H and O–H groups in total. The van der Waals surface area contributed by atoms with Crippen molar-refractivity contribution in [3.05, 3.63) is 29.8 Å². The smallest absolute Gasteiger partial charge is 0.119 e. The molecule has 0 bridgehead atoms. The summed E-state index contributed by atoms with van der Waals surface area (Å²) in [6, 6.07) is 7.63. The number of rotatable bonds is 7. The number of aliphatic hydroxyl groups excluding tert-OH is 1. The lowest BCUT2D eigenvalue weighted by Gasteiger charge is -2.16. The van der Waals surface area contributed by atoms with Crippen LogP contribution in [0.1, 0.15) is 38.4 Å². The summed E-state index contributed by atoms with van der Waals surface area (Å²) >= 11 is 0. The fourth-order valence-corrected chi connectivity index (χ4v) is 2.34. The molecule has 1 aromatic carbocycles. The zero-order valence-electron chi connectivity index (χ0n) is 12.3. The first-order valence-corrected chi connectivity index (χ1v) is 7.42. The molecule has 1 heterocycles. The highest BCUT2D eigenvalue weighted by Gasteiger charge is 2.15. The summed E-state index contributed by atoms with van der Waals surface area (Å²) in [5.74, 6) is 0.836. The molecule has 0 saturated carbocycles. The quantitative estimate of drug-likeness (QED) is 0.804. The average Bonchev–Trinajstić information content (AvgIpc) is 2.92.